The highest BCUT2D eigenvalue weighted by Crippen LogP contribution is 2.15. The Labute approximate surface area is 127 Å². The molecule has 1 aliphatic heterocycles. The molecule has 21 heavy (non-hydrogen) atoms. The molecule has 1 fully saturated rings. The fourth-order valence-electron chi connectivity index (χ4n) is 2.66. The second-order valence-electron chi connectivity index (χ2n) is 5.98. The Balaban J connectivity index is 1.75. The van der Waals surface area contributed by atoms with Gasteiger partial charge in [-0.15, -0.1) is 0 Å². The lowest BCUT2D eigenvalue weighted by atomic mass is 10.0. The lowest BCUT2D eigenvalue weighted by molar-refractivity contribution is -0.130. The van der Waals surface area contributed by atoms with Gasteiger partial charge in [0.2, 0.25) is 5.91 Å². The molecule has 0 aromatic carbocycles. The molecule has 2 rings (SSSR count). The van der Waals surface area contributed by atoms with Gasteiger partial charge in [0.05, 0.1) is 12.2 Å². The van der Waals surface area contributed by atoms with Gasteiger partial charge in [-0.2, -0.15) is 0 Å². The number of carbonyl (C=O) groups is 1. The lowest BCUT2D eigenvalue weighted by Crippen LogP contribution is -2.46. The first kappa shape index (κ1) is 15.9. The fourth-order valence-corrected chi connectivity index (χ4v) is 2.66. The molecule has 1 amide bonds. The number of hydrogen-bond donors (Lipinski definition) is 1. The largest absolute Gasteiger partial charge is 0.348 e. The highest BCUT2D eigenvalue weighted by Gasteiger charge is 2.22. The molecule has 1 N–H and O–H groups in total. The summed E-state index contributed by atoms with van der Waals surface area (Å²) in [7, 11) is 3.62. The number of likely N-dealkylation sites (N-methyl/N-ethyl adjacent to an activating group) is 1. The summed E-state index contributed by atoms with van der Waals surface area (Å²) in [6.45, 7) is 4.65. The monoisotopic (exact) mass is 290 g/mol. The standard InChI is InChI=1S/C16H26N4O/c1-13(15-6-4-5-9-17-15)18-14-7-10-20(11-8-14)12-16(21)19(2)3/h4-6,9,13-14,18H,7-8,10-12H2,1-3H3/t13-/m0/s1. The number of piperidine rings is 1. The van der Waals surface area contributed by atoms with Crippen LogP contribution in [0.25, 0.3) is 0 Å². The van der Waals surface area contributed by atoms with E-state index in [1.807, 2.05) is 32.4 Å². The molecular weight excluding hydrogens is 264 g/mol. The number of carbonyl (C=O) groups excluding carboxylic acids is 1. The van der Waals surface area contributed by atoms with E-state index in [2.05, 4.69) is 28.2 Å². The zero-order valence-electron chi connectivity index (χ0n) is 13.2. The highest BCUT2D eigenvalue weighted by molar-refractivity contribution is 5.77. The molecular formula is C16H26N4O. The molecule has 0 spiro atoms. The van der Waals surface area contributed by atoms with Crippen LogP contribution in [0.5, 0.6) is 0 Å². The van der Waals surface area contributed by atoms with Crippen LogP contribution in [-0.4, -0.2) is 60.5 Å². The van der Waals surface area contributed by atoms with Crippen LogP contribution in [0.4, 0.5) is 0 Å². The van der Waals surface area contributed by atoms with E-state index < -0.39 is 0 Å². The zero-order valence-corrected chi connectivity index (χ0v) is 13.2. The molecule has 0 saturated carbocycles. The highest BCUT2D eigenvalue weighted by atomic mass is 16.2. The van der Waals surface area contributed by atoms with Gasteiger partial charge in [0.1, 0.15) is 0 Å². The summed E-state index contributed by atoms with van der Waals surface area (Å²) < 4.78 is 0. The minimum atomic E-state index is 0.184. The van der Waals surface area contributed by atoms with Crippen LogP contribution in [0.15, 0.2) is 24.4 Å². The van der Waals surface area contributed by atoms with Crippen LogP contribution >= 0.6 is 0 Å². The van der Waals surface area contributed by atoms with Crippen LogP contribution in [0.3, 0.4) is 0 Å². The maximum atomic E-state index is 11.7. The Morgan fingerprint density at radius 2 is 2.14 bits per heavy atom. The van der Waals surface area contributed by atoms with E-state index in [0.29, 0.717) is 12.6 Å². The van der Waals surface area contributed by atoms with Gasteiger partial charge in [-0.1, -0.05) is 6.07 Å². The molecule has 0 aliphatic carbocycles. The average molecular weight is 290 g/mol. The molecule has 1 atom stereocenters. The molecule has 0 bridgehead atoms. The van der Waals surface area contributed by atoms with E-state index >= 15 is 0 Å². The van der Waals surface area contributed by atoms with Crippen LogP contribution in [0.1, 0.15) is 31.5 Å². The summed E-state index contributed by atoms with van der Waals surface area (Å²) in [6.07, 6.45) is 4.00. The molecule has 0 radical (unpaired) electrons. The van der Waals surface area contributed by atoms with E-state index in [1.54, 1.807) is 4.90 Å². The summed E-state index contributed by atoms with van der Waals surface area (Å²) in [5.41, 5.74) is 1.09. The van der Waals surface area contributed by atoms with E-state index in [9.17, 15) is 4.79 Å². The minimum Gasteiger partial charge on any atom is -0.348 e. The van der Waals surface area contributed by atoms with Crippen molar-refractivity contribution in [2.75, 3.05) is 33.7 Å². The maximum Gasteiger partial charge on any atom is 0.236 e. The summed E-state index contributed by atoms with van der Waals surface area (Å²) in [6, 6.07) is 6.80. The number of rotatable bonds is 5. The van der Waals surface area contributed by atoms with Crippen molar-refractivity contribution in [1.82, 2.24) is 20.1 Å². The number of likely N-dealkylation sites (tertiary alicyclic amines) is 1. The molecule has 1 aliphatic rings. The van der Waals surface area contributed by atoms with Crippen molar-refractivity contribution in [1.29, 1.82) is 0 Å². The van der Waals surface area contributed by atoms with Crippen molar-refractivity contribution in [3.63, 3.8) is 0 Å². The second-order valence-corrected chi connectivity index (χ2v) is 5.98. The Kier molecular flexibility index (Phi) is 5.70. The molecule has 0 unspecified atom stereocenters. The Morgan fingerprint density at radius 1 is 1.43 bits per heavy atom. The number of amides is 1. The van der Waals surface area contributed by atoms with Gasteiger partial charge in [0.25, 0.3) is 0 Å². The minimum absolute atomic E-state index is 0.184. The molecule has 5 heteroatoms. The number of hydrogen-bond acceptors (Lipinski definition) is 4. The maximum absolute atomic E-state index is 11.7. The van der Waals surface area contributed by atoms with Crippen molar-refractivity contribution in [3.05, 3.63) is 30.1 Å². The van der Waals surface area contributed by atoms with Crippen molar-refractivity contribution in [3.8, 4) is 0 Å². The van der Waals surface area contributed by atoms with Crippen molar-refractivity contribution < 1.29 is 4.79 Å². The van der Waals surface area contributed by atoms with Gasteiger partial charge in [0, 0.05) is 45.5 Å². The van der Waals surface area contributed by atoms with E-state index in [0.717, 1.165) is 31.6 Å². The van der Waals surface area contributed by atoms with Gasteiger partial charge in [0.15, 0.2) is 0 Å². The third kappa shape index (κ3) is 4.79. The number of pyridine rings is 1. The van der Waals surface area contributed by atoms with E-state index in [4.69, 9.17) is 0 Å². The molecule has 116 valence electrons. The number of nitrogens with one attached hydrogen (secondary N) is 1. The summed E-state index contributed by atoms with van der Waals surface area (Å²) >= 11 is 0. The van der Waals surface area contributed by atoms with Crippen LogP contribution < -0.4 is 5.32 Å². The van der Waals surface area contributed by atoms with Gasteiger partial charge in [-0.05, 0) is 31.9 Å². The van der Waals surface area contributed by atoms with Crippen LogP contribution in [0, 0.1) is 0 Å². The Morgan fingerprint density at radius 3 is 2.71 bits per heavy atom. The lowest BCUT2D eigenvalue weighted by Gasteiger charge is -2.33. The quantitative estimate of drug-likeness (QED) is 0.887. The normalized spacial score (nSPS) is 18.4. The predicted octanol–water partition coefficient (Wildman–Crippen LogP) is 1.28. The van der Waals surface area contributed by atoms with E-state index in [-0.39, 0.29) is 11.9 Å². The first-order valence-corrected chi connectivity index (χ1v) is 7.65. The first-order chi connectivity index (χ1) is 10.1. The molecule has 1 saturated heterocycles. The Hall–Kier alpha value is -1.46. The molecule has 1 aromatic heterocycles. The molecule has 1 aromatic rings. The zero-order chi connectivity index (χ0) is 15.2. The van der Waals surface area contributed by atoms with Gasteiger partial charge >= 0.3 is 0 Å². The Bertz CT molecular complexity index is 441. The summed E-state index contributed by atoms with van der Waals surface area (Å²) in [5.74, 6) is 0.184. The van der Waals surface area contributed by atoms with Gasteiger partial charge < -0.3 is 10.2 Å². The topological polar surface area (TPSA) is 48.5 Å². The summed E-state index contributed by atoms with van der Waals surface area (Å²) in [5, 5.41) is 3.65. The summed E-state index contributed by atoms with van der Waals surface area (Å²) in [4.78, 5) is 20.0. The second kappa shape index (κ2) is 7.52. The smallest absolute Gasteiger partial charge is 0.236 e. The van der Waals surface area contributed by atoms with Gasteiger partial charge in [-0.3, -0.25) is 14.7 Å². The number of nitrogens with zero attached hydrogens (tertiary/aromatic N) is 3. The first-order valence-electron chi connectivity index (χ1n) is 7.65. The molecule has 5 nitrogen and oxygen atoms in total. The van der Waals surface area contributed by atoms with Crippen molar-refractivity contribution in [2.24, 2.45) is 0 Å². The predicted molar refractivity (Wildman–Crippen MR) is 83.9 cm³/mol. The fraction of sp³-hybridized carbons (Fsp3) is 0.625. The van der Waals surface area contributed by atoms with Crippen LogP contribution in [-0.2, 0) is 4.79 Å². The van der Waals surface area contributed by atoms with Crippen molar-refractivity contribution in [2.45, 2.75) is 31.8 Å². The third-order valence-electron chi connectivity index (χ3n) is 4.06. The third-order valence-corrected chi connectivity index (χ3v) is 4.06. The van der Waals surface area contributed by atoms with Crippen molar-refractivity contribution >= 4 is 5.91 Å². The van der Waals surface area contributed by atoms with E-state index in [1.165, 1.54) is 0 Å². The molecule has 2 heterocycles. The van der Waals surface area contributed by atoms with Gasteiger partial charge in [-0.25, -0.2) is 0 Å². The average Bonchev–Trinajstić information content (AvgIpc) is 2.50. The number of aromatic nitrogens is 1. The SMILES string of the molecule is C[C@H](NC1CCN(CC(=O)N(C)C)CC1)c1ccccn1. The van der Waals surface area contributed by atoms with Crippen LogP contribution in [0.2, 0.25) is 0 Å².